The van der Waals surface area contributed by atoms with Crippen LogP contribution in [0.1, 0.15) is 49.3 Å². The number of rotatable bonds is 6. The van der Waals surface area contributed by atoms with Gasteiger partial charge in [0.2, 0.25) is 0 Å². The Labute approximate surface area is 175 Å². The molecule has 29 heavy (non-hydrogen) atoms. The van der Waals surface area contributed by atoms with Crippen molar-refractivity contribution in [2.75, 3.05) is 31.1 Å². The van der Waals surface area contributed by atoms with E-state index in [4.69, 9.17) is 4.99 Å². The zero-order valence-corrected chi connectivity index (χ0v) is 18.3. The SMILES string of the molecule is CCNC(=NCC(C)c1cccc(C)c1)NC1CCN(c2ccc(C)cn2)CC1. The maximum atomic E-state index is 4.87. The van der Waals surface area contributed by atoms with Crippen LogP contribution < -0.4 is 15.5 Å². The average Bonchev–Trinajstić information content (AvgIpc) is 2.73. The number of piperidine rings is 1. The van der Waals surface area contributed by atoms with Crippen LogP contribution in [-0.2, 0) is 0 Å². The number of guanidine groups is 1. The maximum absolute atomic E-state index is 4.87. The van der Waals surface area contributed by atoms with Gasteiger partial charge in [0.1, 0.15) is 5.82 Å². The fourth-order valence-electron chi connectivity index (χ4n) is 3.72. The van der Waals surface area contributed by atoms with Crippen molar-refractivity contribution in [2.45, 2.75) is 52.5 Å². The third-order valence-corrected chi connectivity index (χ3v) is 5.53. The molecule has 5 heteroatoms. The minimum Gasteiger partial charge on any atom is -0.357 e. The molecule has 1 aromatic heterocycles. The molecule has 1 aliphatic rings. The summed E-state index contributed by atoms with van der Waals surface area (Å²) < 4.78 is 0. The van der Waals surface area contributed by atoms with Crippen molar-refractivity contribution in [3.8, 4) is 0 Å². The summed E-state index contributed by atoms with van der Waals surface area (Å²) in [5.41, 5.74) is 3.86. The van der Waals surface area contributed by atoms with E-state index >= 15 is 0 Å². The van der Waals surface area contributed by atoms with Crippen LogP contribution in [0.2, 0.25) is 0 Å². The van der Waals surface area contributed by atoms with Crippen molar-refractivity contribution in [3.63, 3.8) is 0 Å². The van der Waals surface area contributed by atoms with Gasteiger partial charge in [0, 0.05) is 44.3 Å². The molecule has 1 aromatic carbocycles. The van der Waals surface area contributed by atoms with Gasteiger partial charge in [-0.05, 0) is 50.8 Å². The molecule has 2 aromatic rings. The zero-order chi connectivity index (χ0) is 20.6. The van der Waals surface area contributed by atoms with E-state index in [1.807, 2.05) is 6.20 Å². The Bertz CT molecular complexity index is 791. The van der Waals surface area contributed by atoms with Crippen molar-refractivity contribution < 1.29 is 0 Å². The summed E-state index contributed by atoms with van der Waals surface area (Å²) in [5, 5.41) is 7.06. The number of benzene rings is 1. The van der Waals surface area contributed by atoms with Gasteiger partial charge in [-0.1, -0.05) is 42.8 Å². The van der Waals surface area contributed by atoms with Crippen molar-refractivity contribution in [1.82, 2.24) is 15.6 Å². The Morgan fingerprint density at radius 1 is 1.17 bits per heavy atom. The lowest BCUT2D eigenvalue weighted by Crippen LogP contribution is -2.49. The van der Waals surface area contributed by atoms with Gasteiger partial charge in [-0.3, -0.25) is 4.99 Å². The number of aliphatic imine (C=N–C) groups is 1. The van der Waals surface area contributed by atoms with Crippen LogP contribution in [0.15, 0.2) is 47.6 Å². The van der Waals surface area contributed by atoms with Gasteiger partial charge in [-0.15, -0.1) is 0 Å². The molecule has 156 valence electrons. The predicted molar refractivity (Wildman–Crippen MR) is 123 cm³/mol. The summed E-state index contributed by atoms with van der Waals surface area (Å²) >= 11 is 0. The Hall–Kier alpha value is -2.56. The second-order valence-corrected chi connectivity index (χ2v) is 8.13. The van der Waals surface area contributed by atoms with E-state index in [2.05, 4.69) is 84.6 Å². The fraction of sp³-hybridized carbons (Fsp3) is 0.500. The Kier molecular flexibility index (Phi) is 7.50. The van der Waals surface area contributed by atoms with Crippen LogP contribution >= 0.6 is 0 Å². The van der Waals surface area contributed by atoms with Crippen molar-refractivity contribution in [3.05, 3.63) is 59.3 Å². The van der Waals surface area contributed by atoms with Crippen LogP contribution in [0.5, 0.6) is 0 Å². The van der Waals surface area contributed by atoms with Crippen molar-refractivity contribution in [1.29, 1.82) is 0 Å². The topological polar surface area (TPSA) is 52.6 Å². The largest absolute Gasteiger partial charge is 0.357 e. The highest BCUT2D eigenvalue weighted by Gasteiger charge is 2.21. The van der Waals surface area contributed by atoms with E-state index in [1.165, 1.54) is 16.7 Å². The molecule has 1 atom stereocenters. The van der Waals surface area contributed by atoms with Crippen molar-refractivity contribution >= 4 is 11.8 Å². The molecule has 5 nitrogen and oxygen atoms in total. The van der Waals surface area contributed by atoms with Crippen molar-refractivity contribution in [2.24, 2.45) is 4.99 Å². The normalized spacial score (nSPS) is 16.6. The quantitative estimate of drug-likeness (QED) is 0.575. The van der Waals surface area contributed by atoms with Crippen LogP contribution in [0.4, 0.5) is 5.82 Å². The molecular weight excluding hydrogens is 358 g/mol. The van der Waals surface area contributed by atoms with Crippen LogP contribution in [0.3, 0.4) is 0 Å². The molecule has 0 aliphatic carbocycles. The highest BCUT2D eigenvalue weighted by Crippen LogP contribution is 2.19. The van der Waals surface area contributed by atoms with E-state index in [-0.39, 0.29) is 0 Å². The first-order chi connectivity index (χ1) is 14.0. The minimum atomic E-state index is 0.403. The zero-order valence-electron chi connectivity index (χ0n) is 18.3. The van der Waals surface area contributed by atoms with Gasteiger partial charge in [0.15, 0.2) is 5.96 Å². The number of aryl methyl sites for hydroxylation is 2. The molecule has 0 bridgehead atoms. The molecule has 0 radical (unpaired) electrons. The van der Waals surface area contributed by atoms with E-state index in [0.717, 1.165) is 50.8 Å². The maximum Gasteiger partial charge on any atom is 0.191 e. The molecule has 0 saturated carbocycles. The van der Waals surface area contributed by atoms with Gasteiger partial charge in [0.25, 0.3) is 0 Å². The Balaban J connectivity index is 1.53. The lowest BCUT2D eigenvalue weighted by atomic mass is 10.00. The molecule has 2 heterocycles. The Morgan fingerprint density at radius 2 is 1.97 bits per heavy atom. The van der Waals surface area contributed by atoms with E-state index < -0.39 is 0 Å². The summed E-state index contributed by atoms with van der Waals surface area (Å²) in [4.78, 5) is 11.8. The first kappa shape index (κ1) is 21.2. The number of pyridine rings is 1. The highest BCUT2D eigenvalue weighted by molar-refractivity contribution is 5.80. The molecule has 0 amide bonds. The van der Waals surface area contributed by atoms with E-state index in [1.54, 1.807) is 0 Å². The monoisotopic (exact) mass is 393 g/mol. The standard InChI is InChI=1S/C24H35N5/c1-5-25-24(27-17-20(4)21-8-6-7-18(2)15-21)28-22-11-13-29(14-12-22)23-10-9-19(3)16-26-23/h6-10,15-16,20,22H,5,11-14,17H2,1-4H3,(H2,25,27,28). The summed E-state index contributed by atoms with van der Waals surface area (Å²) in [6.45, 7) is 12.3. The van der Waals surface area contributed by atoms with Gasteiger partial charge >= 0.3 is 0 Å². The first-order valence-electron chi connectivity index (χ1n) is 10.8. The number of nitrogens with one attached hydrogen (secondary N) is 2. The van der Waals surface area contributed by atoms with Gasteiger partial charge in [-0.2, -0.15) is 0 Å². The Morgan fingerprint density at radius 3 is 2.62 bits per heavy atom. The lowest BCUT2D eigenvalue weighted by Gasteiger charge is -2.34. The molecule has 0 spiro atoms. The van der Waals surface area contributed by atoms with E-state index in [9.17, 15) is 0 Å². The van der Waals surface area contributed by atoms with E-state index in [0.29, 0.717) is 12.0 Å². The average molecular weight is 394 g/mol. The highest BCUT2D eigenvalue weighted by atomic mass is 15.2. The molecule has 2 N–H and O–H groups in total. The summed E-state index contributed by atoms with van der Waals surface area (Å²) in [7, 11) is 0. The summed E-state index contributed by atoms with van der Waals surface area (Å²) in [6, 6.07) is 13.4. The lowest BCUT2D eigenvalue weighted by molar-refractivity contribution is 0.459. The molecule has 1 aliphatic heterocycles. The van der Waals surface area contributed by atoms with Crippen LogP contribution in [0, 0.1) is 13.8 Å². The third kappa shape index (κ3) is 6.21. The smallest absolute Gasteiger partial charge is 0.191 e. The van der Waals surface area contributed by atoms with Gasteiger partial charge in [0.05, 0.1) is 0 Å². The van der Waals surface area contributed by atoms with Crippen LogP contribution in [-0.4, -0.2) is 43.2 Å². The number of hydrogen-bond donors (Lipinski definition) is 2. The van der Waals surface area contributed by atoms with Gasteiger partial charge < -0.3 is 15.5 Å². The number of nitrogens with zero attached hydrogens (tertiary/aromatic N) is 3. The fourth-order valence-corrected chi connectivity index (χ4v) is 3.72. The third-order valence-electron chi connectivity index (χ3n) is 5.53. The summed E-state index contributed by atoms with van der Waals surface area (Å²) in [6.07, 6.45) is 4.13. The number of aromatic nitrogens is 1. The minimum absolute atomic E-state index is 0.403. The number of anilines is 1. The molecular formula is C24H35N5. The summed E-state index contributed by atoms with van der Waals surface area (Å²) in [5.74, 6) is 2.42. The number of hydrogen-bond acceptors (Lipinski definition) is 3. The molecule has 1 saturated heterocycles. The molecule has 3 rings (SSSR count). The molecule has 1 fully saturated rings. The van der Waals surface area contributed by atoms with Crippen LogP contribution in [0.25, 0.3) is 0 Å². The van der Waals surface area contributed by atoms with Gasteiger partial charge in [-0.25, -0.2) is 4.98 Å². The first-order valence-corrected chi connectivity index (χ1v) is 10.8. The second-order valence-electron chi connectivity index (χ2n) is 8.13. The second kappa shape index (κ2) is 10.3. The molecule has 1 unspecified atom stereocenters. The predicted octanol–water partition coefficient (Wildman–Crippen LogP) is 4.03.